The molecule has 4 atom stereocenters. The van der Waals surface area contributed by atoms with Gasteiger partial charge in [0, 0.05) is 27.1 Å². The summed E-state index contributed by atoms with van der Waals surface area (Å²) in [5, 5.41) is 3.42. The molecule has 1 aromatic rings. The van der Waals surface area contributed by atoms with Crippen molar-refractivity contribution in [3.05, 3.63) is 53.1 Å². The Morgan fingerprint density at radius 2 is 2.15 bits per heavy atom. The largest absolute Gasteiger partial charge is 0.445 e. The molecule has 0 unspecified atom stereocenters. The smallest absolute Gasteiger partial charge is 0.416 e. The van der Waals surface area contributed by atoms with Crippen molar-refractivity contribution in [1.82, 2.24) is 0 Å². The molecule has 1 heterocycles. The summed E-state index contributed by atoms with van der Waals surface area (Å²) in [4.78, 5) is 12.2. The van der Waals surface area contributed by atoms with Crippen molar-refractivity contribution in [1.29, 1.82) is 0 Å². The number of anilines is 1. The number of ether oxygens (including phenoxy) is 1. The van der Waals surface area contributed by atoms with E-state index in [1.165, 1.54) is 12.1 Å². The van der Waals surface area contributed by atoms with Crippen LogP contribution in [0.15, 0.2) is 47.5 Å². The van der Waals surface area contributed by atoms with Crippen LogP contribution in [0.4, 0.5) is 23.7 Å². The number of carbonyl (C=O) groups excluding carboxylic acids is 1. The lowest BCUT2D eigenvalue weighted by Gasteiger charge is -2.38. The molecule has 1 saturated heterocycles. The normalized spacial score (nSPS) is 28.1. The minimum absolute atomic E-state index is 0.0386. The zero-order chi connectivity index (χ0) is 18.9. The molecule has 1 aromatic carbocycles. The van der Waals surface area contributed by atoms with Crippen LogP contribution < -0.4 is 5.32 Å². The van der Waals surface area contributed by atoms with Gasteiger partial charge in [-0.2, -0.15) is 24.9 Å². The first-order valence-electron chi connectivity index (χ1n) is 8.08. The summed E-state index contributed by atoms with van der Waals surface area (Å²) in [6.45, 7) is 2.05. The maximum atomic E-state index is 12.8. The van der Waals surface area contributed by atoms with Crippen molar-refractivity contribution in [3.8, 4) is 0 Å². The predicted octanol–water partition coefficient (Wildman–Crippen LogP) is 5.83. The van der Waals surface area contributed by atoms with Crippen molar-refractivity contribution in [2.75, 3.05) is 5.32 Å². The van der Waals surface area contributed by atoms with Crippen LogP contribution in [0.5, 0.6) is 0 Å². The van der Waals surface area contributed by atoms with Gasteiger partial charge in [-0.05, 0) is 30.7 Å². The molecule has 3 nitrogen and oxygen atoms in total. The summed E-state index contributed by atoms with van der Waals surface area (Å²) in [6.07, 6.45) is 0.707. The average molecular weight is 404 g/mol. The molecule has 140 valence electrons. The number of nitrogens with one attached hydrogen (secondary N) is 1. The zero-order valence-corrected chi connectivity index (χ0v) is 15.4. The Morgan fingerprint density at radius 1 is 1.38 bits per heavy atom. The molecule has 0 saturated carbocycles. The molecule has 0 radical (unpaired) electrons. The van der Waals surface area contributed by atoms with E-state index in [4.69, 9.17) is 16.3 Å². The molecule has 8 heteroatoms. The topological polar surface area (TPSA) is 38.3 Å². The van der Waals surface area contributed by atoms with E-state index in [1.54, 1.807) is 11.8 Å². The third-order valence-corrected chi connectivity index (χ3v) is 5.95. The number of fused-ring (bicyclic) bond motifs is 1. The SMILES string of the molecule is C[C@@H]1C[C@@H](OC(=O)Nc2cccc(C(F)(F)F)c2)[C@@H]2C=C(Cl)C=C[C@@H]2S1. The van der Waals surface area contributed by atoms with Gasteiger partial charge in [0.25, 0.3) is 0 Å². The first kappa shape index (κ1) is 19.2. The van der Waals surface area contributed by atoms with Gasteiger partial charge in [-0.1, -0.05) is 36.7 Å². The second-order valence-corrected chi connectivity index (χ2v) is 8.34. The predicted molar refractivity (Wildman–Crippen MR) is 97.4 cm³/mol. The second kappa shape index (κ2) is 7.56. The summed E-state index contributed by atoms with van der Waals surface area (Å²) in [5.41, 5.74) is -0.790. The van der Waals surface area contributed by atoms with E-state index in [-0.39, 0.29) is 28.2 Å². The minimum atomic E-state index is -4.47. The quantitative estimate of drug-likeness (QED) is 0.675. The highest BCUT2D eigenvalue weighted by Crippen LogP contribution is 2.42. The van der Waals surface area contributed by atoms with Crippen LogP contribution >= 0.6 is 23.4 Å². The molecule has 0 spiro atoms. The lowest BCUT2D eigenvalue weighted by atomic mass is 9.90. The van der Waals surface area contributed by atoms with Crippen LogP contribution in [0.1, 0.15) is 18.9 Å². The molecule has 1 aliphatic carbocycles. The minimum Gasteiger partial charge on any atom is -0.445 e. The van der Waals surface area contributed by atoms with Crippen LogP contribution in [0.25, 0.3) is 0 Å². The zero-order valence-electron chi connectivity index (χ0n) is 13.8. The van der Waals surface area contributed by atoms with Crippen molar-refractivity contribution >= 4 is 35.1 Å². The molecule has 2 aliphatic rings. The fourth-order valence-corrected chi connectivity index (χ4v) is 4.76. The molecule has 1 N–H and O–H groups in total. The molecule has 1 fully saturated rings. The van der Waals surface area contributed by atoms with Gasteiger partial charge in [-0.3, -0.25) is 5.32 Å². The van der Waals surface area contributed by atoms with Crippen LogP contribution in [0.3, 0.4) is 0 Å². The molecule has 1 amide bonds. The van der Waals surface area contributed by atoms with E-state index < -0.39 is 17.8 Å². The number of alkyl halides is 3. The standard InChI is InChI=1S/C18H17ClF3NO2S/c1-10-7-15(14-9-12(19)5-6-16(14)26-10)25-17(24)23-13-4-2-3-11(8-13)18(20,21)22/h2-6,8-10,14-16H,7H2,1H3,(H,23,24)/t10-,14+,15-,16+/m1/s1. The van der Waals surface area contributed by atoms with Gasteiger partial charge < -0.3 is 4.74 Å². The highest BCUT2D eigenvalue weighted by atomic mass is 35.5. The summed E-state index contributed by atoms with van der Waals surface area (Å²) in [7, 11) is 0. The maximum absolute atomic E-state index is 12.8. The molecule has 0 aromatic heterocycles. The number of amides is 1. The number of hydrogen-bond acceptors (Lipinski definition) is 3. The van der Waals surface area contributed by atoms with E-state index in [1.807, 2.05) is 18.2 Å². The van der Waals surface area contributed by atoms with Crippen LogP contribution in [-0.2, 0) is 10.9 Å². The van der Waals surface area contributed by atoms with Crippen molar-refractivity contribution in [2.24, 2.45) is 5.92 Å². The number of halogens is 4. The summed E-state index contributed by atoms with van der Waals surface area (Å²) in [5.74, 6) is -0.0547. The highest BCUT2D eigenvalue weighted by molar-refractivity contribution is 8.00. The van der Waals surface area contributed by atoms with Gasteiger partial charge in [-0.15, -0.1) is 0 Å². The van der Waals surface area contributed by atoms with Gasteiger partial charge >= 0.3 is 12.3 Å². The summed E-state index contributed by atoms with van der Waals surface area (Å²) in [6, 6.07) is 4.45. The van der Waals surface area contributed by atoms with Crippen molar-refractivity contribution in [2.45, 2.75) is 36.1 Å². The highest BCUT2D eigenvalue weighted by Gasteiger charge is 2.38. The number of allylic oxidation sites excluding steroid dienone is 2. The molecule has 0 bridgehead atoms. The third kappa shape index (κ3) is 4.57. The Morgan fingerprint density at radius 3 is 2.88 bits per heavy atom. The third-order valence-electron chi connectivity index (χ3n) is 4.25. The van der Waals surface area contributed by atoms with Gasteiger partial charge in [0.2, 0.25) is 0 Å². The number of benzene rings is 1. The van der Waals surface area contributed by atoms with E-state index in [9.17, 15) is 18.0 Å². The Kier molecular flexibility index (Phi) is 5.58. The average Bonchev–Trinajstić information content (AvgIpc) is 2.55. The lowest BCUT2D eigenvalue weighted by molar-refractivity contribution is -0.137. The Hall–Kier alpha value is -1.60. The number of rotatable bonds is 2. The Bertz CT molecular complexity index is 750. The fraction of sp³-hybridized carbons (Fsp3) is 0.389. The van der Waals surface area contributed by atoms with Crippen LogP contribution in [0, 0.1) is 5.92 Å². The molecule has 3 rings (SSSR count). The molecular formula is C18H17ClF3NO2S. The van der Waals surface area contributed by atoms with Gasteiger partial charge in [0.15, 0.2) is 0 Å². The van der Waals surface area contributed by atoms with E-state index >= 15 is 0 Å². The fourth-order valence-electron chi connectivity index (χ4n) is 3.10. The van der Waals surface area contributed by atoms with E-state index in [2.05, 4.69) is 12.2 Å². The molecule has 1 aliphatic heterocycles. The number of carbonyl (C=O) groups is 1. The van der Waals surface area contributed by atoms with Crippen molar-refractivity contribution in [3.63, 3.8) is 0 Å². The summed E-state index contributed by atoms with van der Waals surface area (Å²) < 4.78 is 43.8. The summed E-state index contributed by atoms with van der Waals surface area (Å²) >= 11 is 7.85. The monoisotopic (exact) mass is 403 g/mol. The lowest BCUT2D eigenvalue weighted by Crippen LogP contribution is -2.40. The second-order valence-electron chi connectivity index (χ2n) is 6.28. The first-order chi connectivity index (χ1) is 12.2. The number of hydrogen-bond donors (Lipinski definition) is 1. The van der Waals surface area contributed by atoms with Crippen LogP contribution in [-0.4, -0.2) is 22.7 Å². The van der Waals surface area contributed by atoms with E-state index in [0.717, 1.165) is 12.1 Å². The van der Waals surface area contributed by atoms with Gasteiger partial charge in [0.1, 0.15) is 6.10 Å². The van der Waals surface area contributed by atoms with E-state index in [0.29, 0.717) is 11.5 Å². The van der Waals surface area contributed by atoms with Crippen LogP contribution in [0.2, 0.25) is 0 Å². The Balaban J connectivity index is 1.68. The maximum Gasteiger partial charge on any atom is 0.416 e. The Labute approximate surface area is 158 Å². The molecular weight excluding hydrogens is 387 g/mol. The van der Waals surface area contributed by atoms with Gasteiger partial charge in [0.05, 0.1) is 5.56 Å². The van der Waals surface area contributed by atoms with Crippen molar-refractivity contribution < 1.29 is 22.7 Å². The number of thioether (sulfide) groups is 1. The molecule has 26 heavy (non-hydrogen) atoms. The van der Waals surface area contributed by atoms with Gasteiger partial charge in [-0.25, -0.2) is 4.79 Å². The first-order valence-corrected chi connectivity index (χ1v) is 9.40.